The van der Waals surface area contributed by atoms with Crippen LogP contribution in [0.1, 0.15) is 17.0 Å². The Morgan fingerprint density at radius 2 is 1.72 bits per heavy atom. The predicted octanol–water partition coefficient (Wildman–Crippen LogP) is 5.12. The Bertz CT molecular complexity index is 1120. The fourth-order valence-electron chi connectivity index (χ4n) is 2.96. The molecule has 0 bridgehead atoms. The molecule has 9 nitrogen and oxygen atoms in total. The van der Waals surface area contributed by atoms with Gasteiger partial charge in [0.15, 0.2) is 0 Å². The van der Waals surface area contributed by atoms with Gasteiger partial charge in [0.05, 0.1) is 22.1 Å². The summed E-state index contributed by atoms with van der Waals surface area (Å²) in [5.41, 5.74) is 5.69. The van der Waals surface area contributed by atoms with Gasteiger partial charge in [-0.15, -0.1) is 0 Å². The minimum Gasteiger partial charge on any atom is -0.318 e. The van der Waals surface area contributed by atoms with E-state index in [1.807, 2.05) is 44.2 Å². The van der Waals surface area contributed by atoms with E-state index in [1.165, 1.54) is 12.1 Å². The summed E-state index contributed by atoms with van der Waals surface area (Å²) in [6.45, 7) is 3.92. The van der Waals surface area contributed by atoms with Gasteiger partial charge in [-0.05, 0) is 50.2 Å². The second-order valence-corrected chi connectivity index (χ2v) is 7.14. The number of hydrogen-bond acceptors (Lipinski definition) is 6. The highest BCUT2D eigenvalue weighted by molar-refractivity contribution is 9.10. The maximum Gasteiger partial charge on any atom is 0.301 e. The highest BCUT2D eigenvalue weighted by Crippen LogP contribution is 2.29. The molecule has 3 rings (SSSR count). The van der Waals surface area contributed by atoms with Crippen LogP contribution in [-0.2, 0) is 0 Å². The van der Waals surface area contributed by atoms with Crippen LogP contribution in [0, 0.1) is 34.1 Å². The molecule has 0 amide bonds. The van der Waals surface area contributed by atoms with Crippen LogP contribution in [-0.4, -0.2) is 20.6 Å². The van der Waals surface area contributed by atoms with E-state index in [0.29, 0.717) is 0 Å². The Morgan fingerprint density at radius 3 is 2.34 bits per heavy atom. The Kier molecular flexibility index (Phi) is 5.74. The number of hydrogen-bond donors (Lipinski definition) is 1. The van der Waals surface area contributed by atoms with Crippen LogP contribution in [0.2, 0.25) is 0 Å². The zero-order valence-electron chi connectivity index (χ0n) is 15.5. The monoisotopic (exact) mass is 457 g/mol. The van der Waals surface area contributed by atoms with E-state index in [-0.39, 0.29) is 11.4 Å². The molecule has 0 aliphatic rings. The number of benzene rings is 2. The number of nitrogens with zero attached hydrogens (tertiary/aromatic N) is 4. The van der Waals surface area contributed by atoms with Crippen LogP contribution in [0.4, 0.5) is 17.1 Å². The van der Waals surface area contributed by atoms with Crippen LogP contribution in [0.25, 0.3) is 5.69 Å². The van der Waals surface area contributed by atoms with Crippen molar-refractivity contribution in [3.05, 3.63) is 90.2 Å². The first kappa shape index (κ1) is 20.2. The largest absolute Gasteiger partial charge is 0.318 e. The molecule has 0 radical (unpaired) electrons. The zero-order chi connectivity index (χ0) is 21.1. The van der Waals surface area contributed by atoms with Gasteiger partial charge in [0.1, 0.15) is 5.69 Å². The van der Waals surface area contributed by atoms with Crippen molar-refractivity contribution >= 4 is 39.2 Å². The van der Waals surface area contributed by atoms with Gasteiger partial charge in [0.2, 0.25) is 0 Å². The van der Waals surface area contributed by atoms with Crippen LogP contribution >= 0.6 is 15.9 Å². The second kappa shape index (κ2) is 8.23. The number of nitro groups is 2. The Hall–Kier alpha value is -3.53. The maximum atomic E-state index is 11.2. The number of halogens is 1. The van der Waals surface area contributed by atoms with E-state index < -0.39 is 15.5 Å². The highest BCUT2D eigenvalue weighted by Gasteiger charge is 2.19. The minimum atomic E-state index is -0.690. The number of aromatic nitrogens is 1. The van der Waals surface area contributed by atoms with Crippen molar-refractivity contribution in [2.45, 2.75) is 13.8 Å². The fourth-order valence-corrected chi connectivity index (χ4v) is 3.22. The molecule has 1 aromatic heterocycles. The second-order valence-electron chi connectivity index (χ2n) is 6.22. The van der Waals surface area contributed by atoms with Crippen LogP contribution in [0.3, 0.4) is 0 Å². The third-order valence-corrected chi connectivity index (χ3v) is 4.86. The lowest BCUT2D eigenvalue weighted by atomic mass is 10.2. The first-order chi connectivity index (χ1) is 13.8. The predicted molar refractivity (Wildman–Crippen MR) is 114 cm³/mol. The van der Waals surface area contributed by atoms with Crippen LogP contribution in [0.15, 0.2) is 58.1 Å². The average Bonchev–Trinajstić information content (AvgIpc) is 2.96. The topological polar surface area (TPSA) is 116 Å². The summed E-state index contributed by atoms with van der Waals surface area (Å²) in [6, 6.07) is 13.2. The fraction of sp³-hybridized carbons (Fsp3) is 0.105. The van der Waals surface area contributed by atoms with Crippen molar-refractivity contribution in [1.82, 2.24) is 4.57 Å². The molecule has 0 fully saturated rings. The highest BCUT2D eigenvalue weighted by atomic mass is 79.9. The summed E-state index contributed by atoms with van der Waals surface area (Å²) in [5.74, 6) is 0. The summed E-state index contributed by atoms with van der Waals surface area (Å²) in [4.78, 5) is 20.6. The van der Waals surface area contributed by atoms with Gasteiger partial charge in [0.25, 0.3) is 5.69 Å². The van der Waals surface area contributed by atoms with E-state index in [4.69, 9.17) is 0 Å². The summed E-state index contributed by atoms with van der Waals surface area (Å²) >= 11 is 3.42. The van der Waals surface area contributed by atoms with Crippen molar-refractivity contribution in [3.63, 3.8) is 0 Å². The molecule has 0 aliphatic carbocycles. The standard InChI is InChI=1S/C19H16BrN5O4/c1-12-9-14(13(2)23(12)16-5-3-15(20)4-6-16)11-21-22-18-8-7-17(24(26)27)10-19(18)25(28)29/h3-11,22H,1-2H3. The molecule has 29 heavy (non-hydrogen) atoms. The van der Waals surface area contributed by atoms with Gasteiger partial charge in [-0.2, -0.15) is 5.10 Å². The van der Waals surface area contributed by atoms with Crippen molar-refractivity contribution in [3.8, 4) is 5.69 Å². The number of non-ortho nitro benzene ring substituents is 1. The third-order valence-electron chi connectivity index (χ3n) is 4.33. The van der Waals surface area contributed by atoms with Crippen molar-refractivity contribution in [1.29, 1.82) is 0 Å². The minimum absolute atomic E-state index is 0.0681. The normalized spacial score (nSPS) is 11.0. The van der Waals surface area contributed by atoms with Crippen molar-refractivity contribution in [2.24, 2.45) is 5.10 Å². The molecule has 3 aromatic rings. The van der Waals surface area contributed by atoms with Crippen molar-refractivity contribution < 1.29 is 9.85 Å². The lowest BCUT2D eigenvalue weighted by molar-refractivity contribution is -0.393. The Labute approximate surface area is 174 Å². The first-order valence-corrected chi connectivity index (χ1v) is 9.24. The van der Waals surface area contributed by atoms with Gasteiger partial charge in [0, 0.05) is 33.2 Å². The quantitative estimate of drug-likeness (QED) is 0.313. The van der Waals surface area contributed by atoms with Gasteiger partial charge in [-0.3, -0.25) is 25.7 Å². The van der Waals surface area contributed by atoms with Gasteiger partial charge < -0.3 is 4.57 Å². The summed E-state index contributed by atoms with van der Waals surface area (Å²) in [6.07, 6.45) is 1.56. The molecular weight excluding hydrogens is 442 g/mol. The van der Waals surface area contributed by atoms with Gasteiger partial charge >= 0.3 is 5.69 Å². The third kappa shape index (κ3) is 4.32. The van der Waals surface area contributed by atoms with Crippen LogP contribution < -0.4 is 5.43 Å². The maximum absolute atomic E-state index is 11.2. The molecule has 10 heteroatoms. The number of nitrogens with one attached hydrogen (secondary N) is 1. The molecular formula is C19H16BrN5O4. The number of nitro benzene ring substituents is 2. The molecule has 0 atom stereocenters. The van der Waals surface area contributed by atoms with E-state index in [1.54, 1.807) is 6.21 Å². The lowest BCUT2D eigenvalue weighted by Gasteiger charge is -2.09. The van der Waals surface area contributed by atoms with E-state index in [9.17, 15) is 20.2 Å². The number of aryl methyl sites for hydroxylation is 1. The SMILES string of the molecule is Cc1cc(C=NNc2ccc([N+](=O)[O-])cc2[N+](=O)[O-])c(C)n1-c1ccc(Br)cc1. The molecule has 1 heterocycles. The molecule has 0 aliphatic heterocycles. The molecule has 2 aromatic carbocycles. The van der Waals surface area contributed by atoms with Gasteiger partial charge in [-0.25, -0.2) is 0 Å². The molecule has 148 valence electrons. The lowest BCUT2D eigenvalue weighted by Crippen LogP contribution is -2.00. The Morgan fingerprint density at radius 1 is 1.03 bits per heavy atom. The Balaban J connectivity index is 1.86. The smallest absolute Gasteiger partial charge is 0.301 e. The van der Waals surface area contributed by atoms with E-state index in [2.05, 4.69) is 31.0 Å². The average molecular weight is 458 g/mol. The molecule has 0 unspecified atom stereocenters. The molecule has 0 spiro atoms. The van der Waals surface area contributed by atoms with Gasteiger partial charge in [-0.1, -0.05) is 15.9 Å². The van der Waals surface area contributed by atoms with E-state index in [0.717, 1.165) is 33.2 Å². The number of rotatable bonds is 6. The summed E-state index contributed by atoms with van der Waals surface area (Å²) in [7, 11) is 0. The molecule has 0 saturated carbocycles. The summed E-state index contributed by atoms with van der Waals surface area (Å²) in [5, 5.41) is 26.1. The van der Waals surface area contributed by atoms with Crippen molar-refractivity contribution in [2.75, 3.05) is 5.43 Å². The summed E-state index contributed by atoms with van der Waals surface area (Å²) < 4.78 is 3.06. The number of hydrazone groups is 1. The van der Waals surface area contributed by atoms with E-state index >= 15 is 0 Å². The first-order valence-electron chi connectivity index (χ1n) is 8.44. The zero-order valence-corrected chi connectivity index (χ0v) is 17.1. The molecule has 0 saturated heterocycles. The number of anilines is 1. The molecule has 1 N–H and O–H groups in total. The van der Waals surface area contributed by atoms with Crippen LogP contribution in [0.5, 0.6) is 0 Å².